The van der Waals surface area contributed by atoms with Crippen molar-refractivity contribution in [3.63, 3.8) is 0 Å². The summed E-state index contributed by atoms with van der Waals surface area (Å²) >= 11 is 0. The first-order chi connectivity index (χ1) is 17.5. The van der Waals surface area contributed by atoms with Crippen molar-refractivity contribution in [2.75, 3.05) is 27.4 Å². The van der Waals surface area contributed by atoms with E-state index >= 15 is 0 Å². The molecule has 0 fully saturated rings. The van der Waals surface area contributed by atoms with Gasteiger partial charge in [0.1, 0.15) is 5.75 Å². The maximum absolute atomic E-state index is 13.1. The number of rotatable bonds is 9. The van der Waals surface area contributed by atoms with Crippen molar-refractivity contribution in [1.29, 1.82) is 0 Å². The average Bonchev–Trinajstić information content (AvgIpc) is 3.37. The van der Waals surface area contributed by atoms with E-state index in [1.807, 2.05) is 67.6 Å². The molecule has 0 radical (unpaired) electrons. The van der Waals surface area contributed by atoms with Gasteiger partial charge in [-0.25, -0.2) is 9.80 Å². The minimum absolute atomic E-state index is 0.328. The van der Waals surface area contributed by atoms with Crippen molar-refractivity contribution in [2.24, 2.45) is 5.10 Å². The van der Waals surface area contributed by atoms with Gasteiger partial charge in [0.25, 0.3) is 5.91 Å². The lowest BCUT2D eigenvalue weighted by Gasteiger charge is -2.22. The molecule has 1 amide bonds. The zero-order valence-corrected chi connectivity index (χ0v) is 20.5. The van der Waals surface area contributed by atoms with E-state index in [0.717, 1.165) is 28.2 Å². The number of hydrogen-bond donors (Lipinski definition) is 0. The third-order valence-electron chi connectivity index (χ3n) is 5.79. The summed E-state index contributed by atoms with van der Waals surface area (Å²) in [5.41, 5.74) is 3.62. The van der Waals surface area contributed by atoms with Crippen LogP contribution >= 0.6 is 0 Å². The number of methoxy groups -OCH3 is 2. The Balaban J connectivity index is 1.43. The van der Waals surface area contributed by atoms with Gasteiger partial charge in [-0.05, 0) is 47.9 Å². The molecule has 0 N–H and O–H groups in total. The van der Waals surface area contributed by atoms with Gasteiger partial charge in [-0.3, -0.25) is 4.79 Å². The van der Waals surface area contributed by atoms with E-state index < -0.39 is 18.5 Å². The van der Waals surface area contributed by atoms with Crippen molar-refractivity contribution >= 4 is 17.6 Å². The lowest BCUT2D eigenvalue weighted by atomic mass is 9.98. The number of hydrazone groups is 1. The van der Waals surface area contributed by atoms with E-state index in [-0.39, 0.29) is 12.6 Å². The van der Waals surface area contributed by atoms with E-state index in [1.165, 1.54) is 12.1 Å². The minimum Gasteiger partial charge on any atom is -0.497 e. The first-order valence-electron chi connectivity index (χ1n) is 11.5. The highest BCUT2D eigenvalue weighted by molar-refractivity contribution is 6.03. The Hall–Kier alpha value is -4.33. The highest BCUT2D eigenvalue weighted by atomic mass is 16.6. The Labute approximate surface area is 210 Å². The van der Waals surface area contributed by atoms with Crippen LogP contribution in [0.2, 0.25) is 0 Å². The minimum atomic E-state index is -0.668. The van der Waals surface area contributed by atoms with Gasteiger partial charge in [-0.2, -0.15) is 5.10 Å². The van der Waals surface area contributed by atoms with Crippen molar-refractivity contribution in [3.05, 3.63) is 89.5 Å². The first kappa shape index (κ1) is 24.8. The largest absolute Gasteiger partial charge is 0.497 e. The standard InChI is InChI=1S/C28H28N2O6/c1-19-9-14-25(26(15-19)34-3)35-18-28(32)36-17-27(31)30-24(21-10-12-22(33-2)13-11-21)16-23(29-30)20-7-5-4-6-8-20/h4-15,24H,16-18H2,1-3H3/t24-/m1/s1. The molecule has 8 heteroatoms. The molecule has 0 saturated carbocycles. The molecule has 36 heavy (non-hydrogen) atoms. The molecule has 0 aromatic heterocycles. The number of carbonyl (C=O) groups excluding carboxylic acids is 2. The summed E-state index contributed by atoms with van der Waals surface area (Å²) in [6, 6.07) is 22.2. The summed E-state index contributed by atoms with van der Waals surface area (Å²) in [7, 11) is 3.13. The second kappa shape index (κ2) is 11.4. The van der Waals surface area contributed by atoms with Gasteiger partial charge < -0.3 is 18.9 Å². The topological polar surface area (TPSA) is 86.7 Å². The number of carbonyl (C=O) groups is 2. The molecular formula is C28H28N2O6. The van der Waals surface area contributed by atoms with Crippen LogP contribution in [0.15, 0.2) is 77.9 Å². The summed E-state index contributed by atoms with van der Waals surface area (Å²) in [4.78, 5) is 25.4. The van der Waals surface area contributed by atoms with Crippen LogP contribution < -0.4 is 14.2 Å². The summed E-state index contributed by atoms with van der Waals surface area (Å²) in [6.45, 7) is 1.12. The van der Waals surface area contributed by atoms with Crippen molar-refractivity contribution < 1.29 is 28.5 Å². The van der Waals surface area contributed by atoms with Crippen molar-refractivity contribution in [1.82, 2.24) is 5.01 Å². The van der Waals surface area contributed by atoms with Gasteiger partial charge in [0.15, 0.2) is 24.7 Å². The van der Waals surface area contributed by atoms with Crippen LogP contribution in [0.4, 0.5) is 0 Å². The second-order valence-electron chi connectivity index (χ2n) is 8.25. The lowest BCUT2D eigenvalue weighted by molar-refractivity contribution is -0.154. The zero-order chi connectivity index (χ0) is 25.5. The number of hydrogen-bond acceptors (Lipinski definition) is 7. The summed E-state index contributed by atoms with van der Waals surface area (Å²) in [5.74, 6) is 0.558. The smallest absolute Gasteiger partial charge is 0.344 e. The van der Waals surface area contributed by atoms with Gasteiger partial charge in [0.2, 0.25) is 0 Å². The Kier molecular flexibility index (Phi) is 7.85. The average molecular weight is 489 g/mol. The monoisotopic (exact) mass is 488 g/mol. The molecule has 1 aliphatic heterocycles. The Morgan fingerprint density at radius 1 is 0.917 bits per heavy atom. The van der Waals surface area contributed by atoms with Crippen LogP contribution in [-0.4, -0.2) is 50.0 Å². The second-order valence-corrected chi connectivity index (χ2v) is 8.25. The lowest BCUT2D eigenvalue weighted by Crippen LogP contribution is -2.32. The molecule has 0 unspecified atom stereocenters. The fourth-order valence-electron chi connectivity index (χ4n) is 3.91. The molecule has 0 saturated heterocycles. The fourth-order valence-corrected chi connectivity index (χ4v) is 3.91. The number of esters is 1. The maximum atomic E-state index is 13.1. The third-order valence-corrected chi connectivity index (χ3v) is 5.79. The van der Waals surface area contributed by atoms with Gasteiger partial charge in [0, 0.05) is 6.42 Å². The zero-order valence-electron chi connectivity index (χ0n) is 20.5. The maximum Gasteiger partial charge on any atom is 0.344 e. The SMILES string of the molecule is COc1ccc([C@H]2CC(c3ccccc3)=NN2C(=O)COC(=O)COc2ccc(C)cc2OC)cc1. The van der Waals surface area contributed by atoms with Crippen molar-refractivity contribution in [3.8, 4) is 17.2 Å². The van der Waals surface area contributed by atoms with Gasteiger partial charge in [-0.1, -0.05) is 48.5 Å². The number of benzene rings is 3. The summed E-state index contributed by atoms with van der Waals surface area (Å²) in [6.07, 6.45) is 0.534. The molecule has 3 aromatic carbocycles. The van der Waals surface area contributed by atoms with Gasteiger partial charge >= 0.3 is 5.97 Å². The van der Waals surface area contributed by atoms with Crippen LogP contribution in [0.3, 0.4) is 0 Å². The molecule has 4 rings (SSSR count). The van der Waals surface area contributed by atoms with Crippen LogP contribution in [-0.2, 0) is 14.3 Å². The molecule has 8 nitrogen and oxygen atoms in total. The third kappa shape index (κ3) is 5.83. The molecule has 186 valence electrons. The van der Waals surface area contributed by atoms with E-state index in [0.29, 0.717) is 17.9 Å². The molecule has 1 heterocycles. The molecule has 0 spiro atoms. The van der Waals surface area contributed by atoms with E-state index in [1.54, 1.807) is 19.2 Å². The van der Waals surface area contributed by atoms with Gasteiger partial charge in [0.05, 0.1) is 26.0 Å². The predicted octanol–water partition coefficient (Wildman–Crippen LogP) is 4.31. The Morgan fingerprint density at radius 3 is 2.36 bits per heavy atom. The molecule has 0 aliphatic carbocycles. The highest BCUT2D eigenvalue weighted by Gasteiger charge is 2.33. The number of ether oxygens (including phenoxy) is 4. The number of aryl methyl sites for hydroxylation is 1. The molecule has 3 aromatic rings. The van der Waals surface area contributed by atoms with Gasteiger partial charge in [-0.15, -0.1) is 0 Å². The summed E-state index contributed by atoms with van der Waals surface area (Å²) < 4.78 is 21.3. The number of nitrogens with zero attached hydrogens (tertiary/aromatic N) is 2. The molecule has 1 atom stereocenters. The van der Waals surface area contributed by atoms with Crippen LogP contribution in [0.25, 0.3) is 0 Å². The van der Waals surface area contributed by atoms with Crippen molar-refractivity contribution in [2.45, 2.75) is 19.4 Å². The first-order valence-corrected chi connectivity index (χ1v) is 11.5. The molecule has 1 aliphatic rings. The van der Waals surface area contributed by atoms with E-state index in [4.69, 9.17) is 18.9 Å². The molecular weight excluding hydrogens is 460 g/mol. The Morgan fingerprint density at radius 2 is 1.67 bits per heavy atom. The quantitative estimate of drug-likeness (QED) is 0.417. The summed E-state index contributed by atoms with van der Waals surface area (Å²) in [5, 5.41) is 5.98. The predicted molar refractivity (Wildman–Crippen MR) is 134 cm³/mol. The van der Waals surface area contributed by atoms with E-state index in [9.17, 15) is 9.59 Å². The highest BCUT2D eigenvalue weighted by Crippen LogP contribution is 2.33. The molecule has 0 bridgehead atoms. The van der Waals surface area contributed by atoms with E-state index in [2.05, 4.69) is 5.10 Å². The number of amides is 1. The van der Waals surface area contributed by atoms with Crippen LogP contribution in [0, 0.1) is 6.92 Å². The Bertz CT molecular complexity index is 1240. The van der Waals surface area contributed by atoms with Crippen LogP contribution in [0.1, 0.15) is 29.2 Å². The van der Waals surface area contributed by atoms with Crippen LogP contribution in [0.5, 0.6) is 17.2 Å². The normalized spacial score (nSPS) is 14.7. The fraction of sp³-hybridized carbons (Fsp3) is 0.250.